The second kappa shape index (κ2) is 5.61. The van der Waals surface area contributed by atoms with Crippen LogP contribution in [-0.4, -0.2) is 35.8 Å². The predicted octanol–water partition coefficient (Wildman–Crippen LogP) is 2.08. The quantitative estimate of drug-likeness (QED) is 0.615. The summed E-state index contributed by atoms with van der Waals surface area (Å²) in [6.45, 7) is 4.65. The molecule has 0 spiro atoms. The number of piperidine rings is 1. The molecule has 1 heterocycles. The maximum atomic E-state index is 12.1. The molecule has 2 unspecified atom stereocenters. The van der Waals surface area contributed by atoms with Gasteiger partial charge in [0.05, 0.1) is 6.04 Å². The molecule has 2 aliphatic rings. The van der Waals surface area contributed by atoms with Crippen molar-refractivity contribution in [2.45, 2.75) is 70.9 Å². The maximum Gasteiger partial charge on any atom is 0.246 e. The maximum absolute atomic E-state index is 12.1. The fourth-order valence-electron chi connectivity index (χ4n) is 3.18. The molecule has 2 fully saturated rings. The van der Waals surface area contributed by atoms with Crippen LogP contribution >= 0.6 is 0 Å². The van der Waals surface area contributed by atoms with E-state index in [4.69, 9.17) is 0 Å². The SMILES string of the molecule is CN1C(=O)CCC(NC2CCCC(C)(C)CC2)C1=O. The fraction of sp³-hybridized carbons (Fsp3) is 0.867. The van der Waals surface area contributed by atoms with Crippen LogP contribution in [0, 0.1) is 5.41 Å². The number of amides is 2. The number of hydrogen-bond acceptors (Lipinski definition) is 3. The van der Waals surface area contributed by atoms with Gasteiger partial charge in [-0.25, -0.2) is 0 Å². The number of rotatable bonds is 2. The first-order valence-electron chi connectivity index (χ1n) is 7.45. The molecule has 19 heavy (non-hydrogen) atoms. The zero-order valence-electron chi connectivity index (χ0n) is 12.4. The first-order valence-corrected chi connectivity index (χ1v) is 7.45. The smallest absolute Gasteiger partial charge is 0.246 e. The number of imide groups is 1. The topological polar surface area (TPSA) is 49.4 Å². The van der Waals surface area contributed by atoms with E-state index in [1.54, 1.807) is 7.05 Å². The Morgan fingerprint density at radius 1 is 1.16 bits per heavy atom. The van der Waals surface area contributed by atoms with Crippen LogP contribution in [0.2, 0.25) is 0 Å². The summed E-state index contributed by atoms with van der Waals surface area (Å²) in [6.07, 6.45) is 7.11. The van der Waals surface area contributed by atoms with Crippen LogP contribution in [0.5, 0.6) is 0 Å². The zero-order valence-corrected chi connectivity index (χ0v) is 12.4. The van der Waals surface area contributed by atoms with Gasteiger partial charge in [0.15, 0.2) is 0 Å². The Hall–Kier alpha value is -0.900. The van der Waals surface area contributed by atoms with E-state index in [1.165, 1.54) is 24.2 Å². The largest absolute Gasteiger partial charge is 0.303 e. The van der Waals surface area contributed by atoms with Crippen LogP contribution in [0.25, 0.3) is 0 Å². The molecule has 0 aromatic carbocycles. The van der Waals surface area contributed by atoms with E-state index in [-0.39, 0.29) is 17.9 Å². The van der Waals surface area contributed by atoms with Gasteiger partial charge in [-0.05, 0) is 37.5 Å². The van der Waals surface area contributed by atoms with Gasteiger partial charge in [-0.3, -0.25) is 14.5 Å². The minimum Gasteiger partial charge on any atom is -0.303 e. The first kappa shape index (κ1) is 14.5. The lowest BCUT2D eigenvalue weighted by atomic mass is 9.85. The molecule has 1 aliphatic carbocycles. The van der Waals surface area contributed by atoms with Crippen molar-refractivity contribution in [1.82, 2.24) is 10.2 Å². The van der Waals surface area contributed by atoms with E-state index >= 15 is 0 Å². The average Bonchev–Trinajstić information content (AvgIpc) is 2.52. The van der Waals surface area contributed by atoms with Crippen molar-refractivity contribution < 1.29 is 9.59 Å². The molecule has 4 nitrogen and oxygen atoms in total. The van der Waals surface area contributed by atoms with Crippen LogP contribution in [0.4, 0.5) is 0 Å². The standard InChI is InChI=1S/C15H26N2O2/c1-15(2)9-4-5-11(8-10-15)16-12-6-7-13(18)17(3)14(12)19/h11-12,16H,4-10H2,1-3H3. The molecule has 1 N–H and O–H groups in total. The number of nitrogens with zero attached hydrogens (tertiary/aromatic N) is 1. The molecule has 2 atom stereocenters. The van der Waals surface area contributed by atoms with E-state index in [2.05, 4.69) is 19.2 Å². The molecule has 0 bridgehead atoms. The summed E-state index contributed by atoms with van der Waals surface area (Å²) in [5.41, 5.74) is 0.430. The van der Waals surface area contributed by atoms with Gasteiger partial charge in [-0.1, -0.05) is 20.3 Å². The normalized spacial score (nSPS) is 32.3. The van der Waals surface area contributed by atoms with E-state index in [1.807, 2.05) is 0 Å². The highest BCUT2D eigenvalue weighted by molar-refractivity contribution is 6.00. The molecular formula is C15H26N2O2. The Balaban J connectivity index is 1.90. The van der Waals surface area contributed by atoms with Gasteiger partial charge < -0.3 is 5.32 Å². The van der Waals surface area contributed by atoms with Gasteiger partial charge >= 0.3 is 0 Å². The second-order valence-corrected chi connectivity index (χ2v) is 6.84. The molecule has 108 valence electrons. The van der Waals surface area contributed by atoms with E-state index in [9.17, 15) is 9.59 Å². The van der Waals surface area contributed by atoms with E-state index in [0.29, 0.717) is 24.3 Å². The zero-order chi connectivity index (χ0) is 14.0. The summed E-state index contributed by atoms with van der Waals surface area (Å²) in [5, 5.41) is 3.49. The third-order valence-electron chi connectivity index (χ3n) is 4.66. The second-order valence-electron chi connectivity index (χ2n) is 6.84. The monoisotopic (exact) mass is 266 g/mol. The van der Waals surface area contributed by atoms with Crippen molar-refractivity contribution in [2.75, 3.05) is 7.05 Å². The molecular weight excluding hydrogens is 240 g/mol. The lowest BCUT2D eigenvalue weighted by molar-refractivity contribution is -0.148. The average molecular weight is 266 g/mol. The Morgan fingerprint density at radius 2 is 1.89 bits per heavy atom. The summed E-state index contributed by atoms with van der Waals surface area (Å²) in [7, 11) is 1.59. The van der Waals surface area contributed by atoms with Gasteiger partial charge in [0.1, 0.15) is 0 Å². The van der Waals surface area contributed by atoms with Crippen LogP contribution in [0.15, 0.2) is 0 Å². The minimum atomic E-state index is -0.158. The van der Waals surface area contributed by atoms with Gasteiger partial charge in [0.2, 0.25) is 11.8 Å². The molecule has 0 aromatic heterocycles. The summed E-state index contributed by atoms with van der Waals surface area (Å²) in [4.78, 5) is 24.8. The van der Waals surface area contributed by atoms with Gasteiger partial charge in [0.25, 0.3) is 0 Å². The van der Waals surface area contributed by atoms with Crippen LogP contribution in [0.3, 0.4) is 0 Å². The van der Waals surface area contributed by atoms with E-state index in [0.717, 1.165) is 12.8 Å². The Bertz CT molecular complexity index is 365. The van der Waals surface area contributed by atoms with Gasteiger partial charge in [-0.2, -0.15) is 0 Å². The minimum absolute atomic E-state index is 0.0509. The highest BCUT2D eigenvalue weighted by Crippen LogP contribution is 2.34. The summed E-state index contributed by atoms with van der Waals surface area (Å²) in [5.74, 6) is -0.107. The number of carbonyl (C=O) groups is 2. The van der Waals surface area contributed by atoms with Crippen molar-refractivity contribution in [3.05, 3.63) is 0 Å². The van der Waals surface area contributed by atoms with Crippen molar-refractivity contribution >= 4 is 11.8 Å². The van der Waals surface area contributed by atoms with Gasteiger partial charge in [0, 0.05) is 19.5 Å². The molecule has 2 rings (SSSR count). The third-order valence-corrected chi connectivity index (χ3v) is 4.66. The lowest BCUT2D eigenvalue weighted by Crippen LogP contribution is -2.53. The number of likely N-dealkylation sites (N-methyl/N-ethyl adjacent to an activating group) is 1. The van der Waals surface area contributed by atoms with Gasteiger partial charge in [-0.15, -0.1) is 0 Å². The molecule has 0 aromatic rings. The molecule has 1 saturated carbocycles. The van der Waals surface area contributed by atoms with Crippen LogP contribution < -0.4 is 5.32 Å². The number of nitrogens with one attached hydrogen (secondary N) is 1. The van der Waals surface area contributed by atoms with Crippen LogP contribution in [-0.2, 0) is 9.59 Å². The molecule has 1 aliphatic heterocycles. The lowest BCUT2D eigenvalue weighted by Gasteiger charge is -2.31. The molecule has 0 radical (unpaired) electrons. The Morgan fingerprint density at radius 3 is 2.63 bits per heavy atom. The third kappa shape index (κ3) is 3.56. The number of likely N-dealkylation sites (tertiary alicyclic amines) is 1. The summed E-state index contributed by atoms with van der Waals surface area (Å²) < 4.78 is 0. The predicted molar refractivity (Wildman–Crippen MR) is 74.6 cm³/mol. The first-order chi connectivity index (χ1) is 8.89. The Kier molecular flexibility index (Phi) is 4.29. The molecule has 4 heteroatoms. The number of hydrogen-bond donors (Lipinski definition) is 1. The summed E-state index contributed by atoms with van der Waals surface area (Å²) >= 11 is 0. The highest BCUT2D eigenvalue weighted by atomic mass is 16.2. The van der Waals surface area contributed by atoms with Crippen molar-refractivity contribution in [2.24, 2.45) is 5.41 Å². The highest BCUT2D eigenvalue weighted by Gasteiger charge is 2.34. The van der Waals surface area contributed by atoms with Crippen molar-refractivity contribution in [3.63, 3.8) is 0 Å². The fourth-order valence-corrected chi connectivity index (χ4v) is 3.18. The Labute approximate surface area is 115 Å². The molecule has 2 amide bonds. The number of carbonyl (C=O) groups excluding carboxylic acids is 2. The van der Waals surface area contributed by atoms with Crippen molar-refractivity contribution in [3.8, 4) is 0 Å². The van der Waals surface area contributed by atoms with Crippen molar-refractivity contribution in [1.29, 1.82) is 0 Å². The summed E-state index contributed by atoms with van der Waals surface area (Å²) in [6, 6.07) is 0.270. The molecule has 1 saturated heterocycles. The van der Waals surface area contributed by atoms with Crippen LogP contribution in [0.1, 0.15) is 58.8 Å². The van der Waals surface area contributed by atoms with E-state index < -0.39 is 0 Å².